The van der Waals surface area contributed by atoms with Crippen LogP contribution in [0.4, 0.5) is 0 Å². The van der Waals surface area contributed by atoms with Crippen molar-refractivity contribution in [2.45, 2.75) is 38.2 Å². The van der Waals surface area contributed by atoms with Crippen LogP contribution in [0, 0.1) is 0 Å². The monoisotopic (exact) mass is 186 g/mol. The van der Waals surface area contributed by atoms with Crippen molar-refractivity contribution in [3.05, 3.63) is 0 Å². The van der Waals surface area contributed by atoms with Gasteiger partial charge in [0.2, 0.25) is 0 Å². The molecule has 78 valence electrons. The third-order valence-electron chi connectivity index (χ3n) is 2.73. The summed E-state index contributed by atoms with van der Waals surface area (Å²) in [5.74, 6) is 0. The van der Waals surface area contributed by atoms with Crippen molar-refractivity contribution in [2.24, 2.45) is 5.73 Å². The lowest BCUT2D eigenvalue weighted by Crippen LogP contribution is -2.32. The predicted molar refractivity (Wildman–Crippen MR) is 54.6 cm³/mol. The van der Waals surface area contributed by atoms with Crippen LogP contribution in [-0.4, -0.2) is 42.3 Å². The lowest BCUT2D eigenvalue weighted by molar-refractivity contribution is 0.127. The van der Waals surface area contributed by atoms with Gasteiger partial charge in [0.05, 0.1) is 6.10 Å². The van der Waals surface area contributed by atoms with Crippen LogP contribution < -0.4 is 5.73 Å². The largest absolute Gasteiger partial charge is 0.393 e. The summed E-state index contributed by atoms with van der Waals surface area (Å²) >= 11 is 0. The summed E-state index contributed by atoms with van der Waals surface area (Å²) in [6, 6.07) is 0. The number of aliphatic hydroxyl groups is 1. The molecule has 0 spiro atoms. The summed E-state index contributed by atoms with van der Waals surface area (Å²) in [5.41, 5.74) is 5.36. The third kappa shape index (κ3) is 4.60. The van der Waals surface area contributed by atoms with Gasteiger partial charge in [-0.3, -0.25) is 0 Å². The Labute approximate surface area is 80.9 Å². The van der Waals surface area contributed by atoms with Crippen LogP contribution in [-0.2, 0) is 0 Å². The second kappa shape index (κ2) is 6.35. The highest BCUT2D eigenvalue weighted by molar-refractivity contribution is 4.66. The summed E-state index contributed by atoms with van der Waals surface area (Å²) in [6.45, 7) is 4.08. The zero-order chi connectivity index (χ0) is 9.52. The Bertz CT molecular complexity index is 124. The molecule has 1 atom stereocenters. The fourth-order valence-electron chi connectivity index (χ4n) is 1.85. The Kier molecular flexibility index (Phi) is 5.35. The standard InChI is InChI=1S/C10H22N2O/c11-6-4-10(13)5-9-12-7-2-1-3-8-12/h10,13H,1-9,11H2. The molecule has 0 bridgehead atoms. The predicted octanol–water partition coefficient (Wildman–Crippen LogP) is 0.572. The van der Waals surface area contributed by atoms with Gasteiger partial charge >= 0.3 is 0 Å². The first-order chi connectivity index (χ1) is 6.33. The van der Waals surface area contributed by atoms with Crippen LogP contribution >= 0.6 is 0 Å². The second-order valence-corrected chi connectivity index (χ2v) is 3.92. The van der Waals surface area contributed by atoms with Gasteiger partial charge in [-0.15, -0.1) is 0 Å². The van der Waals surface area contributed by atoms with Crippen molar-refractivity contribution in [1.82, 2.24) is 4.90 Å². The molecular formula is C10H22N2O. The van der Waals surface area contributed by atoms with Crippen molar-refractivity contribution in [3.63, 3.8) is 0 Å². The van der Waals surface area contributed by atoms with E-state index in [9.17, 15) is 5.11 Å². The normalized spacial score (nSPS) is 21.7. The number of likely N-dealkylation sites (tertiary alicyclic amines) is 1. The quantitative estimate of drug-likeness (QED) is 0.660. The van der Waals surface area contributed by atoms with Crippen molar-refractivity contribution in [2.75, 3.05) is 26.2 Å². The van der Waals surface area contributed by atoms with E-state index in [0.717, 1.165) is 19.4 Å². The number of aliphatic hydroxyl groups excluding tert-OH is 1. The van der Waals surface area contributed by atoms with Crippen molar-refractivity contribution in [3.8, 4) is 0 Å². The molecule has 1 heterocycles. The van der Waals surface area contributed by atoms with E-state index in [0.29, 0.717) is 6.54 Å². The van der Waals surface area contributed by atoms with Gasteiger partial charge in [0.1, 0.15) is 0 Å². The zero-order valence-electron chi connectivity index (χ0n) is 8.41. The Morgan fingerprint density at radius 1 is 1.15 bits per heavy atom. The zero-order valence-corrected chi connectivity index (χ0v) is 8.41. The fraction of sp³-hybridized carbons (Fsp3) is 1.00. The highest BCUT2D eigenvalue weighted by atomic mass is 16.3. The number of rotatable bonds is 5. The summed E-state index contributed by atoms with van der Waals surface area (Å²) in [5, 5.41) is 9.47. The lowest BCUT2D eigenvalue weighted by Gasteiger charge is -2.27. The van der Waals surface area contributed by atoms with Gasteiger partial charge in [0.15, 0.2) is 0 Å². The van der Waals surface area contributed by atoms with Crippen molar-refractivity contribution in [1.29, 1.82) is 0 Å². The van der Waals surface area contributed by atoms with Gasteiger partial charge in [-0.25, -0.2) is 0 Å². The number of piperidine rings is 1. The van der Waals surface area contributed by atoms with Gasteiger partial charge in [-0.1, -0.05) is 6.42 Å². The van der Waals surface area contributed by atoms with Gasteiger partial charge < -0.3 is 15.7 Å². The molecule has 1 rings (SSSR count). The first-order valence-electron chi connectivity index (χ1n) is 5.43. The molecule has 0 aliphatic carbocycles. The highest BCUT2D eigenvalue weighted by Crippen LogP contribution is 2.09. The van der Waals surface area contributed by atoms with Crippen LogP contribution in [0.15, 0.2) is 0 Å². The summed E-state index contributed by atoms with van der Waals surface area (Å²) in [4.78, 5) is 2.45. The maximum absolute atomic E-state index is 9.47. The van der Waals surface area contributed by atoms with E-state index in [-0.39, 0.29) is 6.10 Å². The fourth-order valence-corrected chi connectivity index (χ4v) is 1.85. The third-order valence-corrected chi connectivity index (χ3v) is 2.73. The number of nitrogens with two attached hydrogens (primary N) is 1. The van der Waals surface area contributed by atoms with Crippen LogP contribution in [0.1, 0.15) is 32.1 Å². The Balaban J connectivity index is 2.03. The van der Waals surface area contributed by atoms with Crippen molar-refractivity contribution >= 4 is 0 Å². The Hall–Kier alpha value is -0.120. The molecule has 0 aromatic rings. The molecule has 3 nitrogen and oxygen atoms in total. The summed E-state index contributed by atoms with van der Waals surface area (Å²) in [7, 11) is 0. The molecule has 1 unspecified atom stereocenters. The van der Waals surface area contributed by atoms with E-state index in [4.69, 9.17) is 5.73 Å². The smallest absolute Gasteiger partial charge is 0.0564 e. The summed E-state index contributed by atoms with van der Waals surface area (Å²) < 4.78 is 0. The average Bonchev–Trinajstić information content (AvgIpc) is 2.17. The maximum Gasteiger partial charge on any atom is 0.0564 e. The van der Waals surface area contributed by atoms with Gasteiger partial charge in [-0.2, -0.15) is 0 Å². The van der Waals surface area contributed by atoms with E-state index in [1.54, 1.807) is 0 Å². The number of hydrogen-bond acceptors (Lipinski definition) is 3. The van der Waals surface area contributed by atoms with E-state index in [1.165, 1.54) is 32.4 Å². The molecule has 3 N–H and O–H groups in total. The minimum absolute atomic E-state index is 0.188. The molecule has 1 fully saturated rings. The molecule has 0 saturated carbocycles. The highest BCUT2D eigenvalue weighted by Gasteiger charge is 2.11. The molecular weight excluding hydrogens is 164 g/mol. The molecule has 1 saturated heterocycles. The SMILES string of the molecule is NCCC(O)CCN1CCCCC1. The summed E-state index contributed by atoms with van der Waals surface area (Å²) in [6.07, 6.45) is 5.47. The van der Waals surface area contributed by atoms with Crippen LogP contribution in [0.5, 0.6) is 0 Å². The minimum atomic E-state index is -0.188. The second-order valence-electron chi connectivity index (χ2n) is 3.92. The topological polar surface area (TPSA) is 49.5 Å². The average molecular weight is 186 g/mol. The Morgan fingerprint density at radius 3 is 2.46 bits per heavy atom. The molecule has 0 aromatic carbocycles. The van der Waals surface area contributed by atoms with Gasteiger partial charge in [0, 0.05) is 6.54 Å². The van der Waals surface area contributed by atoms with Crippen LogP contribution in [0.25, 0.3) is 0 Å². The van der Waals surface area contributed by atoms with E-state index in [1.807, 2.05) is 0 Å². The molecule has 1 aliphatic heterocycles. The van der Waals surface area contributed by atoms with E-state index in [2.05, 4.69) is 4.90 Å². The van der Waals surface area contributed by atoms with Crippen molar-refractivity contribution < 1.29 is 5.11 Å². The minimum Gasteiger partial charge on any atom is -0.393 e. The lowest BCUT2D eigenvalue weighted by atomic mass is 10.1. The van der Waals surface area contributed by atoms with Crippen LogP contribution in [0.3, 0.4) is 0 Å². The van der Waals surface area contributed by atoms with Gasteiger partial charge in [0.25, 0.3) is 0 Å². The number of nitrogens with zero attached hydrogens (tertiary/aromatic N) is 1. The molecule has 13 heavy (non-hydrogen) atoms. The first kappa shape index (κ1) is 11.0. The molecule has 0 aromatic heterocycles. The first-order valence-corrected chi connectivity index (χ1v) is 5.43. The molecule has 3 heteroatoms. The molecule has 0 amide bonds. The molecule has 0 radical (unpaired) electrons. The Morgan fingerprint density at radius 2 is 1.85 bits per heavy atom. The van der Waals surface area contributed by atoms with E-state index < -0.39 is 0 Å². The van der Waals surface area contributed by atoms with Gasteiger partial charge in [-0.05, 0) is 45.3 Å². The number of hydrogen-bond donors (Lipinski definition) is 2. The maximum atomic E-state index is 9.47. The molecule has 1 aliphatic rings. The van der Waals surface area contributed by atoms with E-state index >= 15 is 0 Å². The van der Waals surface area contributed by atoms with Crippen LogP contribution in [0.2, 0.25) is 0 Å².